The monoisotopic (exact) mass is 583 g/mol. The van der Waals surface area contributed by atoms with E-state index < -0.39 is 26.1 Å². The highest BCUT2D eigenvalue weighted by Gasteiger charge is 2.84. The molecule has 0 amide bonds. The van der Waals surface area contributed by atoms with Crippen molar-refractivity contribution in [2.24, 2.45) is 5.92 Å². The average Bonchev–Trinajstić information content (AvgIpc) is 3.28. The van der Waals surface area contributed by atoms with Crippen molar-refractivity contribution in [1.29, 1.82) is 0 Å². The fraction of sp³-hybridized carbons (Fsp3) is 0.412. The molecule has 2 bridgehead atoms. The van der Waals surface area contributed by atoms with Crippen molar-refractivity contribution in [3.8, 4) is 11.5 Å². The maximum absolute atomic E-state index is 13.5. The zero-order valence-corrected chi connectivity index (χ0v) is 24.3. The zero-order chi connectivity index (χ0) is 28.5. The van der Waals surface area contributed by atoms with Gasteiger partial charge in [0.05, 0.1) is 11.6 Å². The summed E-state index contributed by atoms with van der Waals surface area (Å²) in [6.45, 7) is 0. The van der Waals surface area contributed by atoms with Crippen LogP contribution in [0.3, 0.4) is 0 Å². The first kappa shape index (κ1) is 25.6. The quantitative estimate of drug-likeness (QED) is 0.223. The lowest BCUT2D eigenvalue weighted by Crippen LogP contribution is -2.51. The highest BCUT2D eigenvalue weighted by molar-refractivity contribution is 7.47. The van der Waals surface area contributed by atoms with Crippen molar-refractivity contribution in [1.82, 2.24) is 4.90 Å². The van der Waals surface area contributed by atoms with E-state index in [-0.39, 0.29) is 28.0 Å². The number of fused-ring (bicyclic) bond motifs is 1. The van der Waals surface area contributed by atoms with Crippen molar-refractivity contribution in [3.05, 3.63) is 107 Å². The van der Waals surface area contributed by atoms with Gasteiger partial charge in [-0.2, -0.15) is 0 Å². The van der Waals surface area contributed by atoms with Crippen LogP contribution in [0.2, 0.25) is 0 Å². The summed E-state index contributed by atoms with van der Waals surface area (Å²) < 4.78 is 31.6. The summed E-state index contributed by atoms with van der Waals surface area (Å²) in [4.78, 5) is 13.4. The standard InChI is InChI=1S/C34H34NO6P/c1-35-30-25-12-14-26(36)31-33(25)20-34(30,35)24-13-15-27(29(39-31)28(24)33)41-42(37,38)40-23-16-18-32(19-17-23,21-8-4-2-5-9-21)22-10-6-3-7-11-22/h2-15,23,25-26,30-31,36H,16-20H2,1H3,(H,37,38). The van der Waals surface area contributed by atoms with Crippen LogP contribution >= 0.6 is 7.82 Å². The van der Waals surface area contributed by atoms with Gasteiger partial charge in [-0.3, -0.25) is 14.3 Å². The summed E-state index contributed by atoms with van der Waals surface area (Å²) in [7, 11) is -2.30. The van der Waals surface area contributed by atoms with E-state index in [0.717, 1.165) is 24.8 Å². The number of nitrogens with zero attached hydrogens (tertiary/aromatic N) is 1. The molecule has 4 aliphatic carbocycles. The molecule has 9 rings (SSSR count). The maximum Gasteiger partial charge on any atom is 0.527 e. The highest BCUT2D eigenvalue weighted by Crippen LogP contribution is 2.80. The van der Waals surface area contributed by atoms with Gasteiger partial charge >= 0.3 is 7.82 Å². The Morgan fingerprint density at radius 2 is 1.62 bits per heavy atom. The Labute approximate surface area is 245 Å². The minimum atomic E-state index is -4.46. The van der Waals surface area contributed by atoms with Gasteiger partial charge < -0.3 is 14.4 Å². The van der Waals surface area contributed by atoms with Gasteiger partial charge in [-0.15, -0.1) is 0 Å². The summed E-state index contributed by atoms with van der Waals surface area (Å²) in [6.07, 6.45) is 6.19. The minimum Gasteiger partial charge on any atom is -0.482 e. The van der Waals surface area contributed by atoms with Gasteiger partial charge in [0, 0.05) is 28.4 Å². The number of rotatable bonds is 6. The van der Waals surface area contributed by atoms with E-state index in [4.69, 9.17) is 13.8 Å². The Morgan fingerprint density at radius 3 is 2.29 bits per heavy atom. The molecule has 3 aromatic carbocycles. The molecule has 42 heavy (non-hydrogen) atoms. The van der Waals surface area contributed by atoms with E-state index in [2.05, 4.69) is 66.6 Å². The van der Waals surface area contributed by atoms with Crippen LogP contribution in [-0.4, -0.2) is 46.3 Å². The molecule has 7 nitrogen and oxygen atoms in total. The van der Waals surface area contributed by atoms with E-state index in [1.54, 1.807) is 6.07 Å². The number of piperidine rings is 1. The van der Waals surface area contributed by atoms with Crippen molar-refractivity contribution in [3.63, 3.8) is 0 Å². The lowest BCUT2D eigenvalue weighted by molar-refractivity contribution is 0.00610. The van der Waals surface area contributed by atoms with Crippen LogP contribution in [-0.2, 0) is 25.5 Å². The topological polar surface area (TPSA) is 88.2 Å². The molecular weight excluding hydrogens is 549 g/mol. The third-order valence-electron chi connectivity index (χ3n) is 11.5. The number of likely N-dealkylation sites (N-methyl/N-ethyl adjacent to an activating group) is 1. The molecule has 2 heterocycles. The molecular formula is C34H34NO6P. The fourth-order valence-electron chi connectivity index (χ4n) is 9.82. The molecule has 3 fully saturated rings. The summed E-state index contributed by atoms with van der Waals surface area (Å²) >= 11 is 0. The van der Waals surface area contributed by atoms with Gasteiger partial charge in [-0.1, -0.05) is 78.9 Å². The first-order valence-corrected chi connectivity index (χ1v) is 16.6. The second-order valence-corrected chi connectivity index (χ2v) is 14.5. The SMILES string of the molecule is CN1C2C3C=CC(O)C4Oc5c(OP(=O)(O)OC6CCC(c7ccccc7)(c7ccccc7)CC6)ccc6c5C34CC621. The highest BCUT2D eigenvalue weighted by atomic mass is 31.2. The number of hydrogen-bond donors (Lipinski definition) is 2. The van der Waals surface area contributed by atoms with Crippen LogP contribution in [0, 0.1) is 5.92 Å². The molecule has 2 N–H and O–H groups in total. The van der Waals surface area contributed by atoms with E-state index >= 15 is 0 Å². The molecule has 8 unspecified atom stereocenters. The Kier molecular flexibility index (Phi) is 5.09. The molecule has 0 aromatic heterocycles. The third kappa shape index (κ3) is 3.08. The Morgan fingerprint density at radius 1 is 0.952 bits per heavy atom. The van der Waals surface area contributed by atoms with Gasteiger partial charge in [0.2, 0.25) is 0 Å². The summed E-state index contributed by atoms with van der Waals surface area (Å²) in [5.74, 6) is 0.959. The van der Waals surface area contributed by atoms with Crippen molar-refractivity contribution in [2.45, 2.75) is 72.8 Å². The van der Waals surface area contributed by atoms with Crippen LogP contribution in [0.1, 0.15) is 54.4 Å². The molecule has 1 saturated heterocycles. The summed E-state index contributed by atoms with van der Waals surface area (Å²) in [5.41, 5.74) is 4.22. The number of phosphoric acid groups is 1. The predicted molar refractivity (Wildman–Crippen MR) is 156 cm³/mol. The fourth-order valence-corrected chi connectivity index (χ4v) is 10.8. The molecule has 6 aliphatic rings. The molecule has 8 atom stereocenters. The minimum absolute atomic E-state index is 0.0464. The normalized spacial score (nSPS) is 37.5. The Balaban J connectivity index is 0.977. The average molecular weight is 584 g/mol. The number of phosphoric ester groups is 1. The van der Waals surface area contributed by atoms with Crippen LogP contribution in [0.4, 0.5) is 0 Å². The molecule has 2 aliphatic heterocycles. The van der Waals surface area contributed by atoms with E-state index in [0.29, 0.717) is 24.6 Å². The van der Waals surface area contributed by atoms with E-state index in [9.17, 15) is 14.6 Å². The number of ether oxygens (including phenoxy) is 1. The molecule has 2 spiro atoms. The maximum atomic E-state index is 13.5. The second kappa shape index (κ2) is 8.37. The molecule has 2 saturated carbocycles. The molecule has 8 heteroatoms. The third-order valence-corrected chi connectivity index (χ3v) is 12.5. The smallest absolute Gasteiger partial charge is 0.482 e. The van der Waals surface area contributed by atoms with Crippen molar-refractivity contribution >= 4 is 7.82 Å². The number of aliphatic hydroxyl groups excluding tert-OH is 1. The van der Waals surface area contributed by atoms with Crippen LogP contribution < -0.4 is 9.26 Å². The number of benzene rings is 3. The van der Waals surface area contributed by atoms with Gasteiger partial charge in [-0.25, -0.2) is 4.57 Å². The second-order valence-electron chi connectivity index (χ2n) is 13.1. The Hall–Kier alpha value is -2.93. The van der Waals surface area contributed by atoms with Gasteiger partial charge in [0.25, 0.3) is 0 Å². The zero-order valence-electron chi connectivity index (χ0n) is 23.4. The molecule has 216 valence electrons. The lowest BCUT2D eigenvalue weighted by atomic mass is 9.64. The first-order valence-electron chi connectivity index (χ1n) is 15.1. The van der Waals surface area contributed by atoms with Crippen LogP contribution in [0.15, 0.2) is 84.9 Å². The molecule has 0 radical (unpaired) electrons. The van der Waals surface area contributed by atoms with Crippen LogP contribution in [0.25, 0.3) is 0 Å². The van der Waals surface area contributed by atoms with Gasteiger partial charge in [0.15, 0.2) is 11.5 Å². The first-order chi connectivity index (χ1) is 20.3. The summed E-state index contributed by atoms with van der Waals surface area (Å²) in [6, 6.07) is 25.2. The van der Waals surface area contributed by atoms with Gasteiger partial charge in [0.1, 0.15) is 12.2 Å². The number of aliphatic hydroxyl groups is 1. The number of likely N-dealkylation sites (tertiary alicyclic amines) is 1. The van der Waals surface area contributed by atoms with Crippen LogP contribution in [0.5, 0.6) is 11.5 Å². The molecule has 3 aromatic rings. The predicted octanol–water partition coefficient (Wildman–Crippen LogP) is 5.58. The lowest BCUT2D eigenvalue weighted by Gasteiger charge is -2.41. The number of hydrogen-bond acceptors (Lipinski definition) is 6. The largest absolute Gasteiger partial charge is 0.527 e. The Bertz CT molecular complexity index is 1630. The van der Waals surface area contributed by atoms with E-state index in [1.807, 2.05) is 24.3 Å². The summed E-state index contributed by atoms with van der Waals surface area (Å²) in [5, 5.41) is 10.9. The van der Waals surface area contributed by atoms with Gasteiger partial charge in [-0.05, 0) is 61.9 Å². The van der Waals surface area contributed by atoms with Crippen molar-refractivity contribution < 1.29 is 28.3 Å². The van der Waals surface area contributed by atoms with Crippen molar-refractivity contribution in [2.75, 3.05) is 7.05 Å². The van der Waals surface area contributed by atoms with E-state index in [1.165, 1.54) is 16.7 Å².